The van der Waals surface area contributed by atoms with E-state index in [0.717, 1.165) is 10.0 Å². The Bertz CT molecular complexity index is 692. The molecule has 114 valence electrons. The van der Waals surface area contributed by atoms with Crippen LogP contribution in [-0.4, -0.2) is 18.4 Å². The third-order valence-corrected chi connectivity index (χ3v) is 3.35. The summed E-state index contributed by atoms with van der Waals surface area (Å²) >= 11 is 8.49. The second-order valence-corrected chi connectivity index (χ2v) is 5.54. The molecule has 0 unspecified atom stereocenters. The summed E-state index contributed by atoms with van der Waals surface area (Å²) in [6, 6.07) is 11.5. The second-order valence-electron chi connectivity index (χ2n) is 4.22. The van der Waals surface area contributed by atoms with Crippen molar-refractivity contribution in [2.24, 2.45) is 5.10 Å². The fourth-order valence-electron chi connectivity index (χ4n) is 1.66. The summed E-state index contributed by atoms with van der Waals surface area (Å²) in [5, 5.41) is 7.25. The molecular weight excluding hydrogens is 369 g/mol. The van der Waals surface area contributed by atoms with Crippen LogP contribution in [0.3, 0.4) is 0 Å². The third-order valence-electron chi connectivity index (χ3n) is 2.66. The van der Waals surface area contributed by atoms with E-state index in [9.17, 15) is 4.39 Å². The first kappa shape index (κ1) is 16.4. The summed E-state index contributed by atoms with van der Waals surface area (Å²) < 4.78 is 19.0. The highest BCUT2D eigenvalue weighted by Crippen LogP contribution is 2.21. The van der Waals surface area contributed by atoms with Gasteiger partial charge in [-0.3, -0.25) is 5.43 Å². The molecule has 7 heteroatoms. The van der Waals surface area contributed by atoms with E-state index >= 15 is 0 Å². The van der Waals surface area contributed by atoms with Gasteiger partial charge < -0.3 is 10.1 Å². The van der Waals surface area contributed by atoms with Gasteiger partial charge in [0.15, 0.2) is 5.11 Å². The summed E-state index contributed by atoms with van der Waals surface area (Å²) in [4.78, 5) is 0. The van der Waals surface area contributed by atoms with Gasteiger partial charge in [0.2, 0.25) is 0 Å². The Morgan fingerprint density at radius 2 is 2.00 bits per heavy atom. The number of nitrogens with zero attached hydrogens (tertiary/aromatic N) is 1. The van der Waals surface area contributed by atoms with Crippen molar-refractivity contribution in [3.63, 3.8) is 0 Å². The van der Waals surface area contributed by atoms with Crippen LogP contribution in [0, 0.1) is 5.82 Å². The molecule has 0 radical (unpaired) electrons. The summed E-state index contributed by atoms with van der Waals surface area (Å²) in [7, 11) is 1.59. The van der Waals surface area contributed by atoms with Crippen LogP contribution in [0.15, 0.2) is 52.0 Å². The maximum Gasteiger partial charge on any atom is 0.191 e. The maximum absolute atomic E-state index is 12.8. The molecular formula is C15H13BrFN3OS. The van der Waals surface area contributed by atoms with Crippen LogP contribution in [0.2, 0.25) is 0 Å². The highest BCUT2D eigenvalue weighted by atomic mass is 79.9. The largest absolute Gasteiger partial charge is 0.496 e. The Labute approximate surface area is 141 Å². The van der Waals surface area contributed by atoms with Gasteiger partial charge in [-0.1, -0.05) is 15.9 Å². The van der Waals surface area contributed by atoms with Crippen molar-refractivity contribution >= 4 is 45.2 Å². The average Bonchev–Trinajstić information content (AvgIpc) is 2.50. The topological polar surface area (TPSA) is 45.6 Å². The summed E-state index contributed by atoms with van der Waals surface area (Å²) in [6.07, 6.45) is 1.60. The number of rotatable bonds is 4. The Kier molecular flexibility index (Phi) is 5.85. The summed E-state index contributed by atoms with van der Waals surface area (Å²) in [5.41, 5.74) is 4.17. The first-order valence-electron chi connectivity index (χ1n) is 6.27. The molecule has 0 amide bonds. The molecule has 0 aliphatic carbocycles. The molecule has 2 aromatic rings. The number of thiocarbonyl (C=S) groups is 1. The smallest absolute Gasteiger partial charge is 0.191 e. The molecule has 4 nitrogen and oxygen atoms in total. The molecule has 0 saturated heterocycles. The van der Waals surface area contributed by atoms with Gasteiger partial charge in [-0.05, 0) is 54.7 Å². The quantitative estimate of drug-likeness (QED) is 0.478. The van der Waals surface area contributed by atoms with Crippen molar-refractivity contribution in [2.75, 3.05) is 12.4 Å². The minimum Gasteiger partial charge on any atom is -0.496 e. The fourth-order valence-corrected chi connectivity index (χ4v) is 2.21. The molecule has 22 heavy (non-hydrogen) atoms. The Morgan fingerprint density at radius 1 is 1.27 bits per heavy atom. The van der Waals surface area contributed by atoms with Gasteiger partial charge in [0.25, 0.3) is 0 Å². The predicted octanol–water partition coefficient (Wildman–Crippen LogP) is 3.92. The zero-order valence-corrected chi connectivity index (χ0v) is 14.0. The Hall–Kier alpha value is -1.99. The van der Waals surface area contributed by atoms with E-state index in [1.807, 2.05) is 18.2 Å². The number of benzene rings is 2. The fraction of sp³-hybridized carbons (Fsp3) is 0.0667. The minimum atomic E-state index is -0.302. The van der Waals surface area contributed by atoms with Crippen LogP contribution < -0.4 is 15.5 Å². The number of anilines is 1. The van der Waals surface area contributed by atoms with Crippen LogP contribution in [0.4, 0.5) is 10.1 Å². The van der Waals surface area contributed by atoms with E-state index in [0.29, 0.717) is 16.5 Å². The lowest BCUT2D eigenvalue weighted by atomic mass is 10.2. The van der Waals surface area contributed by atoms with E-state index in [4.69, 9.17) is 17.0 Å². The number of hydrogen-bond acceptors (Lipinski definition) is 3. The summed E-state index contributed by atoms with van der Waals surface area (Å²) in [5.74, 6) is 0.398. The lowest BCUT2D eigenvalue weighted by Gasteiger charge is -2.07. The highest BCUT2D eigenvalue weighted by Gasteiger charge is 2.01. The van der Waals surface area contributed by atoms with Gasteiger partial charge in [0.1, 0.15) is 11.6 Å². The van der Waals surface area contributed by atoms with E-state index in [1.165, 1.54) is 12.1 Å². The standard InChI is InChI=1S/C15H13BrFN3OS/c1-21-14-7-2-11(16)8-10(14)9-18-20-15(22)19-13-5-3-12(17)4-6-13/h2-9H,1H3,(H2,19,20,22)/b18-9+. The second kappa shape index (κ2) is 7.86. The number of ether oxygens (including phenoxy) is 1. The van der Waals surface area contributed by atoms with Gasteiger partial charge in [0, 0.05) is 15.7 Å². The van der Waals surface area contributed by atoms with E-state index < -0.39 is 0 Å². The van der Waals surface area contributed by atoms with Gasteiger partial charge in [-0.25, -0.2) is 4.39 Å². The van der Waals surface area contributed by atoms with Crippen LogP contribution in [0.1, 0.15) is 5.56 Å². The van der Waals surface area contributed by atoms with Gasteiger partial charge in [0.05, 0.1) is 13.3 Å². The molecule has 2 N–H and O–H groups in total. The third kappa shape index (κ3) is 4.78. The first-order valence-corrected chi connectivity index (χ1v) is 7.48. The molecule has 0 aromatic heterocycles. The molecule has 0 spiro atoms. The molecule has 0 atom stereocenters. The maximum atomic E-state index is 12.8. The zero-order valence-electron chi connectivity index (χ0n) is 11.6. The SMILES string of the molecule is COc1ccc(Br)cc1/C=N/NC(=S)Nc1ccc(F)cc1. The number of hydrazone groups is 1. The zero-order chi connectivity index (χ0) is 15.9. The van der Waals surface area contributed by atoms with Crippen molar-refractivity contribution in [3.05, 3.63) is 58.3 Å². The molecule has 0 saturated carbocycles. The van der Waals surface area contributed by atoms with Gasteiger partial charge >= 0.3 is 0 Å². The molecule has 2 aromatic carbocycles. The van der Waals surface area contributed by atoms with Crippen molar-refractivity contribution in [3.8, 4) is 5.75 Å². The van der Waals surface area contributed by atoms with E-state index in [-0.39, 0.29) is 5.82 Å². The summed E-state index contributed by atoms with van der Waals surface area (Å²) in [6.45, 7) is 0. The number of nitrogens with one attached hydrogen (secondary N) is 2. The van der Waals surface area contributed by atoms with Crippen LogP contribution in [0.5, 0.6) is 5.75 Å². The Balaban J connectivity index is 1.96. The molecule has 0 bridgehead atoms. The normalized spacial score (nSPS) is 10.5. The van der Waals surface area contributed by atoms with Crippen molar-refractivity contribution < 1.29 is 9.13 Å². The minimum absolute atomic E-state index is 0.302. The molecule has 0 aliphatic heterocycles. The average molecular weight is 382 g/mol. The number of hydrogen-bond donors (Lipinski definition) is 2. The van der Waals surface area contributed by atoms with Gasteiger partial charge in [-0.15, -0.1) is 0 Å². The molecule has 0 aliphatic rings. The van der Waals surface area contributed by atoms with Crippen LogP contribution >= 0.6 is 28.1 Å². The van der Waals surface area contributed by atoms with Crippen molar-refractivity contribution in [2.45, 2.75) is 0 Å². The van der Waals surface area contributed by atoms with Crippen molar-refractivity contribution in [1.29, 1.82) is 0 Å². The van der Waals surface area contributed by atoms with E-state index in [2.05, 4.69) is 31.8 Å². The van der Waals surface area contributed by atoms with E-state index in [1.54, 1.807) is 25.5 Å². The van der Waals surface area contributed by atoms with Crippen molar-refractivity contribution in [1.82, 2.24) is 5.43 Å². The number of halogens is 2. The number of methoxy groups -OCH3 is 1. The van der Waals surface area contributed by atoms with Crippen LogP contribution in [-0.2, 0) is 0 Å². The molecule has 0 heterocycles. The lowest BCUT2D eigenvalue weighted by Crippen LogP contribution is -2.23. The monoisotopic (exact) mass is 381 g/mol. The highest BCUT2D eigenvalue weighted by molar-refractivity contribution is 9.10. The molecule has 0 fully saturated rings. The van der Waals surface area contributed by atoms with Crippen LogP contribution in [0.25, 0.3) is 0 Å². The van der Waals surface area contributed by atoms with Gasteiger partial charge in [-0.2, -0.15) is 5.10 Å². The lowest BCUT2D eigenvalue weighted by molar-refractivity contribution is 0.414. The predicted molar refractivity (Wildman–Crippen MR) is 94.0 cm³/mol. The Morgan fingerprint density at radius 3 is 2.68 bits per heavy atom. The molecule has 2 rings (SSSR count). The first-order chi connectivity index (χ1) is 10.6.